The van der Waals surface area contributed by atoms with Gasteiger partial charge in [-0.25, -0.2) is 4.98 Å². The molecule has 0 aliphatic rings. The summed E-state index contributed by atoms with van der Waals surface area (Å²) in [6.07, 6.45) is 4.80. The van der Waals surface area contributed by atoms with E-state index in [9.17, 15) is 14.7 Å². The Bertz CT molecular complexity index is 1440. The van der Waals surface area contributed by atoms with E-state index in [4.69, 9.17) is 0 Å². The van der Waals surface area contributed by atoms with Gasteiger partial charge in [-0.15, -0.1) is 0 Å². The highest BCUT2D eigenvalue weighted by Crippen LogP contribution is 2.21. The van der Waals surface area contributed by atoms with Crippen LogP contribution in [0.3, 0.4) is 0 Å². The van der Waals surface area contributed by atoms with Gasteiger partial charge in [-0.1, -0.05) is 13.8 Å². The lowest BCUT2D eigenvalue weighted by atomic mass is 9.95. The summed E-state index contributed by atoms with van der Waals surface area (Å²) in [5, 5.41) is 22.7. The highest BCUT2D eigenvalue weighted by atomic mass is 16.3. The standard InChI is InChI=1S/C24H28N8O3/c1-15-18(8-5-9-26-15)31-10-6-7-17(23(31)35)29-19-11-20(25-4)32-21(30-19)16(12-28-32)22(34)27-13-24(2,3)14-33/h5-12,25,33H,13-14H2,1-4H3,(H,27,34)(H,29,30). The number of aryl methyl sites for hydroxylation is 1. The van der Waals surface area contributed by atoms with Crippen molar-refractivity contribution in [2.75, 3.05) is 30.8 Å². The fourth-order valence-corrected chi connectivity index (χ4v) is 3.48. The number of amides is 1. The molecule has 1 amide bonds. The van der Waals surface area contributed by atoms with Crippen LogP contribution in [0.5, 0.6) is 0 Å². The number of aromatic nitrogens is 5. The Hall–Kier alpha value is -4.25. The lowest BCUT2D eigenvalue weighted by Crippen LogP contribution is -2.36. The zero-order chi connectivity index (χ0) is 25.2. The quantitative estimate of drug-likeness (QED) is 0.303. The molecular formula is C24H28N8O3. The number of nitrogens with zero attached hydrogens (tertiary/aromatic N) is 5. The molecule has 4 aromatic heterocycles. The van der Waals surface area contributed by atoms with E-state index < -0.39 is 5.41 Å². The fraction of sp³-hybridized carbons (Fsp3) is 0.292. The first-order valence-electron chi connectivity index (χ1n) is 11.1. The molecule has 0 radical (unpaired) electrons. The summed E-state index contributed by atoms with van der Waals surface area (Å²) < 4.78 is 3.03. The molecule has 4 rings (SSSR count). The largest absolute Gasteiger partial charge is 0.396 e. The van der Waals surface area contributed by atoms with Crippen molar-refractivity contribution in [1.82, 2.24) is 29.5 Å². The molecule has 0 bridgehead atoms. The molecule has 4 aromatic rings. The maximum Gasteiger partial charge on any atom is 0.278 e. The Morgan fingerprint density at radius 3 is 2.74 bits per heavy atom. The molecule has 4 heterocycles. The van der Waals surface area contributed by atoms with Gasteiger partial charge in [0.05, 0.1) is 17.6 Å². The first kappa shape index (κ1) is 23.9. The summed E-state index contributed by atoms with van der Waals surface area (Å²) in [5.41, 5.74) is 1.57. The number of nitrogens with one attached hydrogen (secondary N) is 3. The van der Waals surface area contributed by atoms with Crippen molar-refractivity contribution in [2.45, 2.75) is 20.8 Å². The van der Waals surface area contributed by atoms with E-state index in [-0.39, 0.29) is 30.2 Å². The van der Waals surface area contributed by atoms with Crippen molar-refractivity contribution >= 4 is 28.9 Å². The molecule has 182 valence electrons. The molecule has 35 heavy (non-hydrogen) atoms. The molecule has 0 saturated carbocycles. The second kappa shape index (κ2) is 9.55. The Kier molecular flexibility index (Phi) is 6.52. The summed E-state index contributed by atoms with van der Waals surface area (Å²) in [6.45, 7) is 5.76. The second-order valence-electron chi connectivity index (χ2n) is 8.91. The van der Waals surface area contributed by atoms with Crippen molar-refractivity contribution in [3.05, 3.63) is 70.5 Å². The average molecular weight is 477 g/mol. The van der Waals surface area contributed by atoms with Gasteiger partial charge in [0.15, 0.2) is 5.65 Å². The number of hydrogen-bond donors (Lipinski definition) is 4. The van der Waals surface area contributed by atoms with Crippen molar-refractivity contribution in [1.29, 1.82) is 0 Å². The van der Waals surface area contributed by atoms with Crippen LogP contribution in [0.25, 0.3) is 11.3 Å². The topological polar surface area (TPSA) is 138 Å². The zero-order valence-electron chi connectivity index (χ0n) is 20.0. The lowest BCUT2D eigenvalue weighted by molar-refractivity contribution is 0.0912. The van der Waals surface area contributed by atoms with E-state index in [0.29, 0.717) is 28.7 Å². The molecule has 4 N–H and O–H groups in total. The zero-order valence-corrected chi connectivity index (χ0v) is 20.0. The summed E-state index contributed by atoms with van der Waals surface area (Å²) in [4.78, 5) is 34.9. The van der Waals surface area contributed by atoms with Crippen LogP contribution in [-0.4, -0.2) is 55.4 Å². The Balaban J connectivity index is 1.70. The number of pyridine rings is 2. The number of carbonyl (C=O) groups is 1. The van der Waals surface area contributed by atoms with Crippen LogP contribution in [0.15, 0.2) is 53.7 Å². The Labute approximate surface area is 201 Å². The molecule has 11 nitrogen and oxygen atoms in total. The monoisotopic (exact) mass is 476 g/mol. The van der Waals surface area contributed by atoms with Crippen molar-refractivity contribution in [2.24, 2.45) is 5.41 Å². The predicted molar refractivity (Wildman–Crippen MR) is 134 cm³/mol. The van der Waals surface area contributed by atoms with E-state index in [0.717, 1.165) is 5.69 Å². The number of anilines is 3. The first-order chi connectivity index (χ1) is 16.7. The van der Waals surface area contributed by atoms with E-state index in [1.165, 1.54) is 15.3 Å². The molecular weight excluding hydrogens is 448 g/mol. The third-order valence-corrected chi connectivity index (χ3v) is 5.58. The number of aliphatic hydroxyl groups is 1. The Morgan fingerprint density at radius 2 is 2.03 bits per heavy atom. The van der Waals surface area contributed by atoms with Crippen LogP contribution in [0.4, 0.5) is 17.3 Å². The van der Waals surface area contributed by atoms with Crippen LogP contribution in [-0.2, 0) is 0 Å². The molecule has 0 aliphatic carbocycles. The predicted octanol–water partition coefficient (Wildman–Crippen LogP) is 2.12. The van der Waals surface area contributed by atoms with Gasteiger partial charge in [0.2, 0.25) is 0 Å². The molecule has 0 saturated heterocycles. The second-order valence-corrected chi connectivity index (χ2v) is 8.91. The van der Waals surface area contributed by atoms with Crippen LogP contribution in [0, 0.1) is 12.3 Å². The number of rotatable bonds is 8. The van der Waals surface area contributed by atoms with Gasteiger partial charge in [0.25, 0.3) is 11.5 Å². The van der Waals surface area contributed by atoms with E-state index >= 15 is 0 Å². The van der Waals surface area contributed by atoms with Gasteiger partial charge in [-0.3, -0.25) is 19.1 Å². The lowest BCUT2D eigenvalue weighted by Gasteiger charge is -2.21. The third-order valence-electron chi connectivity index (χ3n) is 5.58. The van der Waals surface area contributed by atoms with Crippen LogP contribution in [0.2, 0.25) is 0 Å². The summed E-state index contributed by atoms with van der Waals surface area (Å²) in [7, 11) is 1.73. The van der Waals surface area contributed by atoms with Crippen molar-refractivity contribution in [3.63, 3.8) is 0 Å². The SMILES string of the molecule is CNc1cc(Nc2cccn(-c3cccnc3C)c2=O)nc2c(C(=O)NCC(C)(C)CO)cnn12. The van der Waals surface area contributed by atoms with Gasteiger partial charge in [-0.05, 0) is 31.2 Å². The number of hydrogen-bond acceptors (Lipinski definition) is 8. The van der Waals surface area contributed by atoms with Gasteiger partial charge in [0.1, 0.15) is 22.9 Å². The van der Waals surface area contributed by atoms with Crippen LogP contribution in [0.1, 0.15) is 29.9 Å². The van der Waals surface area contributed by atoms with Crippen LogP contribution >= 0.6 is 0 Å². The smallest absolute Gasteiger partial charge is 0.278 e. The number of carbonyl (C=O) groups excluding carboxylic acids is 1. The molecule has 0 aromatic carbocycles. The van der Waals surface area contributed by atoms with Crippen molar-refractivity contribution in [3.8, 4) is 5.69 Å². The van der Waals surface area contributed by atoms with E-state index in [1.807, 2.05) is 26.8 Å². The molecule has 0 atom stereocenters. The highest BCUT2D eigenvalue weighted by Gasteiger charge is 2.21. The minimum atomic E-state index is -0.464. The summed E-state index contributed by atoms with van der Waals surface area (Å²) in [5.74, 6) is 0.582. The summed E-state index contributed by atoms with van der Waals surface area (Å²) in [6, 6.07) is 8.72. The highest BCUT2D eigenvalue weighted by molar-refractivity contribution is 6.00. The van der Waals surface area contributed by atoms with Crippen molar-refractivity contribution < 1.29 is 9.90 Å². The maximum atomic E-state index is 13.2. The van der Waals surface area contributed by atoms with E-state index in [1.54, 1.807) is 43.7 Å². The summed E-state index contributed by atoms with van der Waals surface area (Å²) >= 11 is 0. The fourth-order valence-electron chi connectivity index (χ4n) is 3.48. The maximum absolute atomic E-state index is 13.2. The average Bonchev–Trinajstić information content (AvgIpc) is 3.28. The van der Waals surface area contributed by atoms with Crippen LogP contribution < -0.4 is 21.5 Å². The number of aliphatic hydroxyl groups excluding tert-OH is 1. The van der Waals surface area contributed by atoms with Gasteiger partial charge in [-0.2, -0.15) is 9.61 Å². The minimum Gasteiger partial charge on any atom is -0.396 e. The van der Waals surface area contributed by atoms with E-state index in [2.05, 4.69) is 31.0 Å². The molecule has 0 spiro atoms. The Morgan fingerprint density at radius 1 is 1.23 bits per heavy atom. The van der Waals surface area contributed by atoms with Gasteiger partial charge in [0, 0.05) is 44.1 Å². The molecule has 11 heteroatoms. The normalized spacial score (nSPS) is 11.5. The number of fused-ring (bicyclic) bond motifs is 1. The first-order valence-corrected chi connectivity index (χ1v) is 11.1. The third kappa shape index (κ3) is 4.85. The molecule has 0 fully saturated rings. The van der Waals surface area contributed by atoms with Gasteiger partial charge < -0.3 is 21.1 Å². The van der Waals surface area contributed by atoms with Gasteiger partial charge >= 0.3 is 0 Å². The minimum absolute atomic E-state index is 0.0641. The molecule has 0 aliphatic heterocycles. The molecule has 0 unspecified atom stereocenters.